The normalized spacial score (nSPS) is 27.2. The van der Waals surface area contributed by atoms with Gasteiger partial charge in [0.1, 0.15) is 6.10 Å². The zero-order valence-corrected chi connectivity index (χ0v) is 14.4. The zero-order valence-electron chi connectivity index (χ0n) is 14.4. The summed E-state index contributed by atoms with van der Waals surface area (Å²) < 4.78 is 5.73. The summed E-state index contributed by atoms with van der Waals surface area (Å²) >= 11 is 0. The summed E-state index contributed by atoms with van der Waals surface area (Å²) in [6.07, 6.45) is 3.19. The Kier molecular flexibility index (Phi) is 5.87. The number of hydrogen-bond donors (Lipinski definition) is 2. The monoisotopic (exact) mass is 332 g/mol. The molecule has 0 unspecified atom stereocenters. The van der Waals surface area contributed by atoms with E-state index in [2.05, 4.69) is 34.5 Å². The van der Waals surface area contributed by atoms with Gasteiger partial charge in [0.15, 0.2) is 0 Å². The standard InChI is InChI=1S/C19H28N2O3/c1-21(11-10-14-6-3-2-4-7-14)12-17-18(22)16(13-24-17)20-19(23)15-8-5-9-15/h2-4,6-7,15-18,22H,5,8-13H2,1H3,(H,20,23)/t16-,17-,18+/m0/s1. The Labute approximate surface area is 144 Å². The molecule has 1 aromatic carbocycles. The van der Waals surface area contributed by atoms with Crippen molar-refractivity contribution in [3.63, 3.8) is 0 Å². The van der Waals surface area contributed by atoms with Crippen LogP contribution in [0.1, 0.15) is 24.8 Å². The first kappa shape index (κ1) is 17.4. The highest BCUT2D eigenvalue weighted by Crippen LogP contribution is 2.27. The molecule has 1 saturated carbocycles. The predicted octanol–water partition coefficient (Wildman–Crippen LogP) is 1.21. The third-order valence-corrected chi connectivity index (χ3v) is 5.20. The molecule has 24 heavy (non-hydrogen) atoms. The minimum Gasteiger partial charge on any atom is -0.388 e. The molecule has 2 fully saturated rings. The predicted molar refractivity (Wildman–Crippen MR) is 92.7 cm³/mol. The number of hydrogen-bond acceptors (Lipinski definition) is 4. The van der Waals surface area contributed by atoms with Crippen molar-refractivity contribution in [2.45, 2.75) is 43.9 Å². The lowest BCUT2D eigenvalue weighted by molar-refractivity contribution is -0.128. The highest BCUT2D eigenvalue weighted by Gasteiger charge is 2.38. The second-order valence-corrected chi connectivity index (χ2v) is 7.10. The number of aliphatic hydroxyl groups excluding tert-OH is 1. The third-order valence-electron chi connectivity index (χ3n) is 5.20. The molecule has 2 aliphatic rings. The van der Waals surface area contributed by atoms with Crippen LogP contribution in [0.25, 0.3) is 0 Å². The topological polar surface area (TPSA) is 61.8 Å². The van der Waals surface area contributed by atoms with E-state index in [0.717, 1.165) is 32.2 Å². The molecule has 3 rings (SSSR count). The van der Waals surface area contributed by atoms with Crippen LogP contribution in [0.2, 0.25) is 0 Å². The Balaban J connectivity index is 1.41. The van der Waals surface area contributed by atoms with Crippen LogP contribution >= 0.6 is 0 Å². The molecule has 1 aliphatic heterocycles. The number of likely N-dealkylation sites (N-methyl/N-ethyl adjacent to an activating group) is 1. The molecule has 0 spiro atoms. The molecule has 1 amide bonds. The van der Waals surface area contributed by atoms with Crippen LogP contribution in [0.4, 0.5) is 0 Å². The molecule has 5 nitrogen and oxygen atoms in total. The van der Waals surface area contributed by atoms with Gasteiger partial charge in [0, 0.05) is 19.0 Å². The van der Waals surface area contributed by atoms with Crippen molar-refractivity contribution in [3.8, 4) is 0 Å². The Hall–Kier alpha value is -1.43. The van der Waals surface area contributed by atoms with Gasteiger partial charge in [0.25, 0.3) is 0 Å². The molecule has 1 aliphatic carbocycles. The van der Waals surface area contributed by atoms with Gasteiger partial charge in [0.2, 0.25) is 5.91 Å². The lowest BCUT2D eigenvalue weighted by Crippen LogP contribution is -2.49. The Morgan fingerprint density at radius 3 is 2.75 bits per heavy atom. The largest absolute Gasteiger partial charge is 0.388 e. The Morgan fingerprint density at radius 1 is 1.33 bits per heavy atom. The van der Waals surface area contributed by atoms with Gasteiger partial charge in [-0.1, -0.05) is 36.8 Å². The Morgan fingerprint density at radius 2 is 2.08 bits per heavy atom. The lowest BCUT2D eigenvalue weighted by atomic mass is 9.84. The summed E-state index contributed by atoms with van der Waals surface area (Å²) in [6.45, 7) is 1.98. The summed E-state index contributed by atoms with van der Waals surface area (Å²) in [4.78, 5) is 14.2. The first-order valence-electron chi connectivity index (χ1n) is 8.96. The van der Waals surface area contributed by atoms with Crippen LogP contribution in [-0.4, -0.2) is 60.9 Å². The van der Waals surface area contributed by atoms with Crippen LogP contribution in [0.5, 0.6) is 0 Å². The molecule has 0 aromatic heterocycles. The van der Waals surface area contributed by atoms with Crippen molar-refractivity contribution in [1.82, 2.24) is 10.2 Å². The van der Waals surface area contributed by atoms with Crippen molar-refractivity contribution in [2.75, 3.05) is 26.7 Å². The van der Waals surface area contributed by atoms with Gasteiger partial charge in [-0.05, 0) is 31.9 Å². The molecular weight excluding hydrogens is 304 g/mol. The minimum absolute atomic E-state index is 0.0759. The molecule has 0 bridgehead atoms. The van der Waals surface area contributed by atoms with Crippen molar-refractivity contribution in [2.24, 2.45) is 5.92 Å². The maximum absolute atomic E-state index is 12.0. The van der Waals surface area contributed by atoms with Gasteiger partial charge in [0.05, 0.1) is 18.8 Å². The molecule has 1 saturated heterocycles. The fraction of sp³-hybridized carbons (Fsp3) is 0.632. The molecule has 1 aromatic rings. The van der Waals surface area contributed by atoms with E-state index in [0.29, 0.717) is 13.2 Å². The summed E-state index contributed by atoms with van der Waals surface area (Å²) in [7, 11) is 2.04. The fourth-order valence-electron chi connectivity index (χ4n) is 3.31. The van der Waals surface area contributed by atoms with Crippen LogP contribution in [0.3, 0.4) is 0 Å². The van der Waals surface area contributed by atoms with Gasteiger partial charge in [-0.3, -0.25) is 4.79 Å². The molecule has 5 heteroatoms. The first-order chi connectivity index (χ1) is 11.6. The van der Waals surface area contributed by atoms with Gasteiger partial charge in [-0.2, -0.15) is 0 Å². The van der Waals surface area contributed by atoms with E-state index < -0.39 is 6.10 Å². The minimum atomic E-state index is -0.631. The van der Waals surface area contributed by atoms with E-state index in [1.165, 1.54) is 5.56 Å². The zero-order chi connectivity index (χ0) is 16.9. The third kappa shape index (κ3) is 4.35. The van der Waals surface area contributed by atoms with Crippen LogP contribution < -0.4 is 5.32 Å². The van der Waals surface area contributed by atoms with Crippen LogP contribution in [0, 0.1) is 5.92 Å². The van der Waals surface area contributed by atoms with E-state index in [1.54, 1.807) is 0 Å². The van der Waals surface area contributed by atoms with Crippen LogP contribution in [0.15, 0.2) is 30.3 Å². The van der Waals surface area contributed by atoms with Crippen molar-refractivity contribution in [3.05, 3.63) is 35.9 Å². The fourth-order valence-corrected chi connectivity index (χ4v) is 3.31. The maximum atomic E-state index is 12.0. The molecular formula is C19H28N2O3. The Bertz CT molecular complexity index is 533. The second-order valence-electron chi connectivity index (χ2n) is 7.10. The average molecular weight is 332 g/mol. The summed E-state index contributed by atoms with van der Waals surface area (Å²) in [5, 5.41) is 13.4. The van der Waals surface area contributed by atoms with E-state index in [1.807, 2.05) is 13.1 Å². The van der Waals surface area contributed by atoms with E-state index in [9.17, 15) is 9.90 Å². The van der Waals surface area contributed by atoms with Crippen molar-refractivity contribution < 1.29 is 14.6 Å². The number of rotatable bonds is 7. The van der Waals surface area contributed by atoms with Gasteiger partial charge >= 0.3 is 0 Å². The number of amides is 1. The highest BCUT2D eigenvalue weighted by molar-refractivity contribution is 5.79. The van der Waals surface area contributed by atoms with Crippen LogP contribution in [-0.2, 0) is 16.0 Å². The summed E-state index contributed by atoms with van der Waals surface area (Å²) in [6, 6.07) is 10.1. The molecule has 0 radical (unpaired) electrons. The number of benzene rings is 1. The molecule has 3 atom stereocenters. The van der Waals surface area contributed by atoms with Gasteiger partial charge < -0.3 is 20.1 Å². The number of aliphatic hydroxyl groups is 1. The molecule has 1 heterocycles. The van der Waals surface area contributed by atoms with E-state index >= 15 is 0 Å². The maximum Gasteiger partial charge on any atom is 0.223 e. The highest BCUT2D eigenvalue weighted by atomic mass is 16.5. The number of carbonyl (C=O) groups is 1. The summed E-state index contributed by atoms with van der Waals surface area (Å²) in [5.74, 6) is 0.219. The van der Waals surface area contributed by atoms with E-state index in [4.69, 9.17) is 4.74 Å². The second kappa shape index (κ2) is 8.10. The van der Waals surface area contributed by atoms with E-state index in [-0.39, 0.29) is 24.0 Å². The van der Waals surface area contributed by atoms with Gasteiger partial charge in [-0.25, -0.2) is 0 Å². The molecule has 132 valence electrons. The number of ether oxygens (including phenoxy) is 1. The lowest BCUT2D eigenvalue weighted by Gasteiger charge is -2.27. The number of carbonyl (C=O) groups excluding carboxylic acids is 1. The quantitative estimate of drug-likeness (QED) is 0.788. The number of nitrogens with zero attached hydrogens (tertiary/aromatic N) is 1. The average Bonchev–Trinajstić information content (AvgIpc) is 2.85. The molecule has 2 N–H and O–H groups in total. The summed E-state index contributed by atoms with van der Waals surface area (Å²) in [5.41, 5.74) is 1.31. The first-order valence-corrected chi connectivity index (χ1v) is 8.96. The van der Waals surface area contributed by atoms with Gasteiger partial charge in [-0.15, -0.1) is 0 Å². The number of nitrogens with one attached hydrogen (secondary N) is 1. The smallest absolute Gasteiger partial charge is 0.223 e. The SMILES string of the molecule is CN(CCc1ccccc1)C[C@@H]1OC[C@H](NC(=O)C2CCC2)[C@H]1O. The van der Waals surface area contributed by atoms with Crippen molar-refractivity contribution in [1.29, 1.82) is 0 Å². The van der Waals surface area contributed by atoms with Crippen molar-refractivity contribution >= 4 is 5.91 Å².